The fourth-order valence-corrected chi connectivity index (χ4v) is 6.59. The summed E-state index contributed by atoms with van der Waals surface area (Å²) in [4.78, 5) is 30.7. The van der Waals surface area contributed by atoms with Gasteiger partial charge in [0.15, 0.2) is 5.78 Å². The van der Waals surface area contributed by atoms with Crippen LogP contribution in [-0.2, 0) is 0 Å². The summed E-state index contributed by atoms with van der Waals surface area (Å²) in [5.74, 6) is 1.06. The molecule has 0 radical (unpaired) electrons. The van der Waals surface area contributed by atoms with Crippen molar-refractivity contribution in [3.05, 3.63) is 61.4 Å². The number of amides is 1. The van der Waals surface area contributed by atoms with Crippen molar-refractivity contribution in [2.75, 3.05) is 0 Å². The first-order valence-corrected chi connectivity index (χ1v) is 13.7. The van der Waals surface area contributed by atoms with Gasteiger partial charge < -0.3 is 9.88 Å². The maximum atomic E-state index is 12.7. The van der Waals surface area contributed by atoms with E-state index in [0.29, 0.717) is 12.0 Å². The highest BCUT2D eigenvalue weighted by Crippen LogP contribution is 2.37. The molecule has 3 heterocycles. The van der Waals surface area contributed by atoms with Gasteiger partial charge in [0.1, 0.15) is 5.82 Å². The third-order valence-electron chi connectivity index (χ3n) is 6.26. The Labute approximate surface area is 209 Å². The summed E-state index contributed by atoms with van der Waals surface area (Å²) in [7, 11) is 0. The standard InChI is InChI=1S/C25H24BrN3O2S2/c1-2-21(30)15-6-7-20-19(12-15)28-24(16-10-11-32-14-16)29(20)18-5-3-4-17(13-18)27-25(31)22-8-9-23(26)33-22/h6-12,14,17-18H,2-5,13H2,1H3,(H,27,31). The summed E-state index contributed by atoms with van der Waals surface area (Å²) in [6.07, 6.45) is 4.39. The van der Waals surface area contributed by atoms with Crippen molar-refractivity contribution in [2.45, 2.75) is 51.1 Å². The Kier molecular flexibility index (Phi) is 6.49. The van der Waals surface area contributed by atoms with Gasteiger partial charge in [-0.25, -0.2) is 4.98 Å². The molecule has 1 aromatic carbocycles. The topological polar surface area (TPSA) is 64.0 Å². The van der Waals surface area contributed by atoms with Crippen molar-refractivity contribution in [3.8, 4) is 11.4 Å². The smallest absolute Gasteiger partial charge is 0.261 e. The van der Waals surface area contributed by atoms with E-state index in [1.165, 1.54) is 11.3 Å². The highest BCUT2D eigenvalue weighted by Gasteiger charge is 2.28. The number of carbonyl (C=O) groups excluding carboxylic acids is 2. The largest absolute Gasteiger partial charge is 0.349 e. The normalized spacial score (nSPS) is 18.5. The maximum absolute atomic E-state index is 12.7. The summed E-state index contributed by atoms with van der Waals surface area (Å²) >= 11 is 6.54. The zero-order valence-corrected chi connectivity index (χ0v) is 21.4. The third-order valence-corrected chi connectivity index (χ3v) is 8.56. The fraction of sp³-hybridized carbons (Fsp3) is 0.320. The molecule has 0 saturated heterocycles. The van der Waals surface area contributed by atoms with Gasteiger partial charge in [0.25, 0.3) is 5.91 Å². The molecule has 1 saturated carbocycles. The van der Waals surface area contributed by atoms with Crippen molar-refractivity contribution in [1.82, 2.24) is 14.9 Å². The van der Waals surface area contributed by atoms with Crippen LogP contribution < -0.4 is 5.32 Å². The lowest BCUT2D eigenvalue weighted by Crippen LogP contribution is -2.38. The minimum atomic E-state index is -0.00684. The average molecular weight is 543 g/mol. The van der Waals surface area contributed by atoms with Crippen LogP contribution in [0.4, 0.5) is 0 Å². The van der Waals surface area contributed by atoms with Crippen LogP contribution in [0.2, 0.25) is 0 Å². The lowest BCUT2D eigenvalue weighted by atomic mass is 9.90. The highest BCUT2D eigenvalue weighted by atomic mass is 79.9. The second-order valence-electron chi connectivity index (χ2n) is 8.39. The van der Waals surface area contributed by atoms with E-state index in [1.54, 1.807) is 11.3 Å². The Morgan fingerprint density at radius 3 is 2.82 bits per heavy atom. The Balaban J connectivity index is 1.47. The molecule has 8 heteroatoms. The van der Waals surface area contributed by atoms with E-state index < -0.39 is 0 Å². The van der Waals surface area contributed by atoms with Crippen molar-refractivity contribution < 1.29 is 9.59 Å². The monoisotopic (exact) mass is 541 g/mol. The van der Waals surface area contributed by atoms with E-state index in [1.807, 2.05) is 37.3 Å². The molecular formula is C25H24BrN3O2S2. The number of Topliss-reactive ketones (excluding diaryl/α,β-unsaturated/α-hetero) is 1. The first kappa shape index (κ1) is 22.5. The fourth-order valence-electron chi connectivity index (χ4n) is 4.66. The number of rotatable bonds is 6. The van der Waals surface area contributed by atoms with Crippen LogP contribution in [0.3, 0.4) is 0 Å². The number of nitrogens with one attached hydrogen (secondary N) is 1. The number of aromatic nitrogens is 2. The Hall–Kier alpha value is -2.29. The van der Waals surface area contributed by atoms with Crippen LogP contribution in [0.25, 0.3) is 22.4 Å². The summed E-state index contributed by atoms with van der Waals surface area (Å²) in [6.45, 7) is 1.88. The molecular weight excluding hydrogens is 518 g/mol. The summed E-state index contributed by atoms with van der Waals surface area (Å²) < 4.78 is 3.29. The number of nitrogens with zero attached hydrogens (tertiary/aromatic N) is 2. The number of carbonyl (C=O) groups is 2. The minimum Gasteiger partial charge on any atom is -0.349 e. The van der Waals surface area contributed by atoms with Crippen LogP contribution >= 0.6 is 38.6 Å². The van der Waals surface area contributed by atoms with Crippen LogP contribution in [-0.4, -0.2) is 27.3 Å². The van der Waals surface area contributed by atoms with Crippen molar-refractivity contribution in [2.24, 2.45) is 0 Å². The third kappa shape index (κ3) is 4.56. The number of hydrogen-bond acceptors (Lipinski definition) is 5. The predicted octanol–water partition coefficient (Wildman–Crippen LogP) is 7.10. The molecule has 0 aliphatic heterocycles. The molecule has 0 bridgehead atoms. The number of fused-ring (bicyclic) bond motifs is 1. The Morgan fingerprint density at radius 1 is 1.21 bits per heavy atom. The Morgan fingerprint density at radius 2 is 2.09 bits per heavy atom. The quantitative estimate of drug-likeness (QED) is 0.265. The van der Waals surface area contributed by atoms with E-state index in [9.17, 15) is 9.59 Å². The molecule has 3 aromatic heterocycles. The summed E-state index contributed by atoms with van der Waals surface area (Å²) in [5.41, 5.74) is 3.70. The zero-order valence-electron chi connectivity index (χ0n) is 18.2. The number of halogens is 1. The molecule has 4 aromatic rings. The van der Waals surface area contributed by atoms with Crippen LogP contribution in [0.1, 0.15) is 65.1 Å². The second-order valence-corrected chi connectivity index (χ2v) is 11.6. The van der Waals surface area contributed by atoms with Crippen LogP contribution in [0, 0.1) is 0 Å². The van der Waals surface area contributed by atoms with Crippen molar-refractivity contribution >= 4 is 61.3 Å². The van der Waals surface area contributed by atoms with Gasteiger partial charge in [0.05, 0.1) is 19.7 Å². The molecule has 2 atom stereocenters. The maximum Gasteiger partial charge on any atom is 0.261 e. The van der Waals surface area contributed by atoms with Crippen molar-refractivity contribution in [1.29, 1.82) is 0 Å². The molecule has 5 nitrogen and oxygen atoms in total. The van der Waals surface area contributed by atoms with E-state index in [-0.39, 0.29) is 23.8 Å². The van der Waals surface area contributed by atoms with Gasteiger partial charge in [-0.1, -0.05) is 6.92 Å². The SMILES string of the molecule is CCC(=O)c1ccc2c(c1)nc(-c1ccsc1)n2C1CCCC(NC(=O)c2ccc(Br)s2)C1. The molecule has 170 valence electrons. The molecule has 5 rings (SSSR count). The molecule has 0 spiro atoms. The number of benzene rings is 1. The Bertz CT molecular complexity index is 1310. The van der Waals surface area contributed by atoms with Crippen molar-refractivity contribution in [3.63, 3.8) is 0 Å². The van der Waals surface area contributed by atoms with Crippen LogP contribution in [0.15, 0.2) is 50.9 Å². The van der Waals surface area contributed by atoms with Gasteiger partial charge in [0, 0.05) is 35.0 Å². The molecule has 33 heavy (non-hydrogen) atoms. The predicted molar refractivity (Wildman–Crippen MR) is 138 cm³/mol. The lowest BCUT2D eigenvalue weighted by Gasteiger charge is -2.32. The molecule has 1 fully saturated rings. The van der Waals surface area contributed by atoms with E-state index in [2.05, 4.69) is 42.6 Å². The number of ketones is 1. The van der Waals surface area contributed by atoms with Gasteiger partial charge >= 0.3 is 0 Å². The zero-order chi connectivity index (χ0) is 22.9. The summed E-state index contributed by atoms with van der Waals surface area (Å²) in [6, 6.07) is 12.1. The number of thiophene rings is 2. The molecule has 1 aliphatic carbocycles. The van der Waals surface area contributed by atoms with Gasteiger partial charge in [-0.3, -0.25) is 9.59 Å². The molecule has 1 amide bonds. The average Bonchev–Trinajstić information content (AvgIpc) is 3.57. The first-order valence-electron chi connectivity index (χ1n) is 11.2. The lowest BCUT2D eigenvalue weighted by molar-refractivity contribution is 0.0924. The molecule has 1 N–H and O–H groups in total. The molecule has 2 unspecified atom stereocenters. The first-order chi connectivity index (χ1) is 16.0. The van der Waals surface area contributed by atoms with E-state index in [0.717, 1.165) is 56.8 Å². The van der Waals surface area contributed by atoms with Gasteiger partial charge in [-0.2, -0.15) is 11.3 Å². The minimum absolute atomic E-state index is 0.00684. The molecule has 1 aliphatic rings. The number of hydrogen-bond donors (Lipinski definition) is 1. The van der Waals surface area contributed by atoms with Gasteiger partial charge in [-0.15, -0.1) is 11.3 Å². The van der Waals surface area contributed by atoms with Crippen LogP contribution in [0.5, 0.6) is 0 Å². The van der Waals surface area contributed by atoms with Gasteiger partial charge in [-0.05, 0) is 83.4 Å². The van der Waals surface area contributed by atoms with E-state index >= 15 is 0 Å². The highest BCUT2D eigenvalue weighted by molar-refractivity contribution is 9.11. The second kappa shape index (κ2) is 9.52. The van der Waals surface area contributed by atoms with E-state index in [4.69, 9.17) is 4.98 Å². The van der Waals surface area contributed by atoms with Gasteiger partial charge in [0.2, 0.25) is 0 Å². The number of imidazole rings is 1. The summed E-state index contributed by atoms with van der Waals surface area (Å²) in [5, 5.41) is 7.43.